The van der Waals surface area contributed by atoms with Crippen LogP contribution in [-0.2, 0) is 14.3 Å². The van der Waals surface area contributed by atoms with Crippen LogP contribution in [0.4, 0.5) is 0 Å². The lowest BCUT2D eigenvalue weighted by atomic mass is 10.4. The number of esters is 2. The van der Waals surface area contributed by atoms with Crippen molar-refractivity contribution in [1.82, 2.24) is 0 Å². The van der Waals surface area contributed by atoms with Crippen LogP contribution in [0, 0.1) is 0 Å². The SMILES string of the molecule is C=C(C)C(=O)OC(=O)C=CC=CC. The van der Waals surface area contributed by atoms with Gasteiger partial charge in [0, 0.05) is 11.6 Å². The minimum absolute atomic E-state index is 0.202. The molecule has 3 nitrogen and oxygen atoms in total. The number of allylic oxidation sites excluding steroid dienone is 3. The summed E-state index contributed by atoms with van der Waals surface area (Å²) in [5, 5.41) is 0. The van der Waals surface area contributed by atoms with Crippen LogP contribution in [0.3, 0.4) is 0 Å². The van der Waals surface area contributed by atoms with Gasteiger partial charge in [0.2, 0.25) is 0 Å². The number of ether oxygens (including phenoxy) is 1. The van der Waals surface area contributed by atoms with Crippen LogP contribution in [0.2, 0.25) is 0 Å². The summed E-state index contributed by atoms with van der Waals surface area (Å²) < 4.78 is 4.36. The molecule has 0 aromatic heterocycles. The molecule has 0 bridgehead atoms. The number of carbonyl (C=O) groups excluding carboxylic acids is 2. The van der Waals surface area contributed by atoms with E-state index in [2.05, 4.69) is 11.3 Å². The van der Waals surface area contributed by atoms with E-state index < -0.39 is 11.9 Å². The van der Waals surface area contributed by atoms with E-state index >= 15 is 0 Å². The highest BCUT2D eigenvalue weighted by molar-refractivity contribution is 5.98. The van der Waals surface area contributed by atoms with E-state index in [1.165, 1.54) is 19.1 Å². The van der Waals surface area contributed by atoms with Crippen LogP contribution < -0.4 is 0 Å². The lowest BCUT2D eigenvalue weighted by molar-refractivity contribution is -0.153. The second-order valence-corrected chi connectivity index (χ2v) is 2.37. The Morgan fingerprint density at radius 2 is 1.92 bits per heavy atom. The summed E-state index contributed by atoms with van der Waals surface area (Å²) in [7, 11) is 0. The molecule has 0 aliphatic rings. The minimum atomic E-state index is -0.699. The van der Waals surface area contributed by atoms with Crippen molar-refractivity contribution in [2.24, 2.45) is 0 Å². The van der Waals surface area contributed by atoms with Gasteiger partial charge in [0.05, 0.1) is 0 Å². The first-order valence-corrected chi connectivity index (χ1v) is 3.79. The fourth-order valence-electron chi connectivity index (χ4n) is 0.458. The number of hydrogen-bond acceptors (Lipinski definition) is 3. The Morgan fingerprint density at radius 1 is 1.31 bits per heavy atom. The molecule has 0 saturated heterocycles. The van der Waals surface area contributed by atoms with Gasteiger partial charge in [-0.05, 0) is 13.8 Å². The van der Waals surface area contributed by atoms with E-state index in [1.54, 1.807) is 12.2 Å². The molecule has 0 fully saturated rings. The monoisotopic (exact) mass is 180 g/mol. The Labute approximate surface area is 77.4 Å². The zero-order chi connectivity index (χ0) is 10.3. The molecule has 0 saturated carbocycles. The zero-order valence-electron chi connectivity index (χ0n) is 7.74. The summed E-state index contributed by atoms with van der Waals surface area (Å²) in [4.78, 5) is 21.6. The molecule has 0 aliphatic heterocycles. The minimum Gasteiger partial charge on any atom is -0.386 e. The van der Waals surface area contributed by atoms with Gasteiger partial charge >= 0.3 is 11.9 Å². The van der Waals surface area contributed by atoms with Gasteiger partial charge in [-0.25, -0.2) is 9.59 Å². The van der Waals surface area contributed by atoms with Crippen molar-refractivity contribution < 1.29 is 14.3 Å². The third-order valence-electron chi connectivity index (χ3n) is 1.08. The van der Waals surface area contributed by atoms with Crippen LogP contribution in [0.25, 0.3) is 0 Å². The van der Waals surface area contributed by atoms with Gasteiger partial charge in [0.25, 0.3) is 0 Å². The summed E-state index contributed by atoms with van der Waals surface area (Å²) in [5.74, 6) is -1.39. The maximum atomic E-state index is 10.8. The Kier molecular flexibility index (Phi) is 5.19. The highest BCUT2D eigenvalue weighted by Crippen LogP contribution is 1.93. The van der Waals surface area contributed by atoms with E-state index in [9.17, 15) is 9.59 Å². The van der Waals surface area contributed by atoms with Crippen LogP contribution in [0.15, 0.2) is 36.5 Å². The first-order valence-electron chi connectivity index (χ1n) is 3.79. The standard InChI is InChI=1S/C10H12O3/c1-4-5-6-7-9(11)13-10(12)8(2)3/h4-7H,2H2,1,3H3. The van der Waals surface area contributed by atoms with E-state index in [0.717, 1.165) is 0 Å². The third kappa shape index (κ3) is 5.61. The molecule has 0 aliphatic carbocycles. The third-order valence-corrected chi connectivity index (χ3v) is 1.08. The second-order valence-electron chi connectivity index (χ2n) is 2.37. The van der Waals surface area contributed by atoms with Gasteiger partial charge in [-0.15, -0.1) is 0 Å². The van der Waals surface area contributed by atoms with Gasteiger partial charge in [-0.1, -0.05) is 24.8 Å². The lowest BCUT2D eigenvalue weighted by Gasteiger charge is -1.96. The molecule has 0 radical (unpaired) electrons. The smallest absolute Gasteiger partial charge is 0.340 e. The summed E-state index contributed by atoms with van der Waals surface area (Å²) in [6.45, 7) is 6.63. The topological polar surface area (TPSA) is 43.4 Å². The average Bonchev–Trinajstić information content (AvgIpc) is 2.04. The number of carbonyl (C=O) groups is 2. The van der Waals surface area contributed by atoms with E-state index in [0.29, 0.717) is 0 Å². The molecule has 0 spiro atoms. The molecule has 0 N–H and O–H groups in total. The summed E-state index contributed by atoms with van der Waals surface area (Å²) in [6.07, 6.45) is 6.08. The fraction of sp³-hybridized carbons (Fsp3) is 0.200. The molecule has 70 valence electrons. The van der Waals surface area contributed by atoms with Crippen LogP contribution >= 0.6 is 0 Å². The van der Waals surface area contributed by atoms with E-state index in [1.807, 2.05) is 6.92 Å². The van der Waals surface area contributed by atoms with Crippen molar-refractivity contribution in [3.05, 3.63) is 36.5 Å². The quantitative estimate of drug-likeness (QED) is 0.288. The fourth-order valence-corrected chi connectivity index (χ4v) is 0.458. The van der Waals surface area contributed by atoms with Crippen molar-refractivity contribution in [3.63, 3.8) is 0 Å². The van der Waals surface area contributed by atoms with Crippen molar-refractivity contribution in [3.8, 4) is 0 Å². The Hall–Kier alpha value is -1.64. The second kappa shape index (κ2) is 5.94. The number of rotatable bonds is 3. The van der Waals surface area contributed by atoms with Crippen molar-refractivity contribution in [1.29, 1.82) is 0 Å². The zero-order valence-corrected chi connectivity index (χ0v) is 7.74. The van der Waals surface area contributed by atoms with Crippen LogP contribution in [-0.4, -0.2) is 11.9 Å². The lowest BCUT2D eigenvalue weighted by Crippen LogP contribution is -2.09. The van der Waals surface area contributed by atoms with Crippen LogP contribution in [0.5, 0.6) is 0 Å². The van der Waals surface area contributed by atoms with Gasteiger partial charge in [0.15, 0.2) is 0 Å². The highest BCUT2D eigenvalue weighted by Gasteiger charge is 2.06. The maximum Gasteiger partial charge on any atom is 0.340 e. The van der Waals surface area contributed by atoms with Gasteiger partial charge in [-0.2, -0.15) is 0 Å². The van der Waals surface area contributed by atoms with Crippen molar-refractivity contribution in [2.75, 3.05) is 0 Å². The molecule has 0 rings (SSSR count). The average molecular weight is 180 g/mol. The molecule has 0 heterocycles. The van der Waals surface area contributed by atoms with E-state index in [4.69, 9.17) is 0 Å². The Balaban J connectivity index is 4.02. The van der Waals surface area contributed by atoms with E-state index in [-0.39, 0.29) is 5.57 Å². The first-order chi connectivity index (χ1) is 6.07. The normalized spacial score (nSPS) is 10.6. The molecular weight excluding hydrogens is 168 g/mol. The van der Waals surface area contributed by atoms with Crippen molar-refractivity contribution >= 4 is 11.9 Å². The molecule has 0 amide bonds. The largest absolute Gasteiger partial charge is 0.386 e. The molecule has 3 heteroatoms. The van der Waals surface area contributed by atoms with Gasteiger partial charge in [0.1, 0.15) is 0 Å². The molecule has 0 atom stereocenters. The summed E-state index contributed by atoms with van der Waals surface area (Å²) >= 11 is 0. The maximum absolute atomic E-state index is 10.8. The Bertz CT molecular complexity index is 272. The number of hydrogen-bond donors (Lipinski definition) is 0. The highest BCUT2D eigenvalue weighted by atomic mass is 16.6. The van der Waals surface area contributed by atoms with Gasteiger partial charge in [-0.3, -0.25) is 0 Å². The van der Waals surface area contributed by atoms with Crippen LogP contribution in [0.1, 0.15) is 13.8 Å². The van der Waals surface area contributed by atoms with Crippen molar-refractivity contribution in [2.45, 2.75) is 13.8 Å². The molecule has 0 aromatic carbocycles. The summed E-state index contributed by atoms with van der Waals surface area (Å²) in [5.41, 5.74) is 0.202. The molecule has 13 heavy (non-hydrogen) atoms. The first kappa shape index (κ1) is 11.4. The summed E-state index contributed by atoms with van der Waals surface area (Å²) in [6, 6.07) is 0. The molecule has 0 aromatic rings. The predicted molar refractivity (Wildman–Crippen MR) is 49.9 cm³/mol. The molecule has 0 unspecified atom stereocenters. The Morgan fingerprint density at radius 3 is 2.38 bits per heavy atom. The predicted octanol–water partition coefficient (Wildman–Crippen LogP) is 1.76. The van der Waals surface area contributed by atoms with Gasteiger partial charge < -0.3 is 4.74 Å². The molecular formula is C10H12O3.